The van der Waals surface area contributed by atoms with Crippen LogP contribution in [-0.4, -0.2) is 46.5 Å². The molecule has 2 aromatic rings. The van der Waals surface area contributed by atoms with Gasteiger partial charge in [0, 0.05) is 12.6 Å². The maximum atomic E-state index is 12.7. The lowest BCUT2D eigenvalue weighted by atomic mass is 9.83. The maximum Gasteiger partial charge on any atom is 0.261 e. The number of rotatable bonds is 3. The molecule has 2 aliphatic rings. The van der Waals surface area contributed by atoms with Crippen LogP contribution in [0.3, 0.4) is 0 Å². The van der Waals surface area contributed by atoms with Gasteiger partial charge in [-0.15, -0.1) is 11.3 Å². The highest BCUT2D eigenvalue weighted by Crippen LogP contribution is 2.31. The van der Waals surface area contributed by atoms with Crippen LogP contribution in [0.15, 0.2) is 11.1 Å². The molecule has 0 radical (unpaired) electrons. The Morgan fingerprint density at radius 1 is 1.36 bits per heavy atom. The van der Waals surface area contributed by atoms with E-state index in [4.69, 9.17) is 0 Å². The average molecular weight is 360 g/mol. The molecule has 0 unspecified atom stereocenters. The monoisotopic (exact) mass is 360 g/mol. The highest BCUT2D eigenvalue weighted by molar-refractivity contribution is 7.20. The second-order valence-electron chi connectivity index (χ2n) is 7.18. The number of hydrogen-bond acceptors (Lipinski definition) is 5. The summed E-state index contributed by atoms with van der Waals surface area (Å²) in [5.74, 6) is 0.460. The Bertz CT molecular complexity index is 841. The fourth-order valence-electron chi connectivity index (χ4n) is 4.41. The van der Waals surface area contributed by atoms with Gasteiger partial charge < -0.3 is 15.2 Å². The molecule has 134 valence electrons. The number of hydrogen-bond donors (Lipinski definition) is 2. The number of amides is 1. The molecule has 6 nitrogen and oxygen atoms in total. The molecule has 2 atom stereocenters. The molecule has 25 heavy (non-hydrogen) atoms. The number of carbonyl (C=O) groups is 1. The number of piperidine rings is 2. The number of aromatic amines is 1. The summed E-state index contributed by atoms with van der Waals surface area (Å²) in [7, 11) is 0. The molecular weight excluding hydrogens is 336 g/mol. The maximum absolute atomic E-state index is 12.7. The van der Waals surface area contributed by atoms with Gasteiger partial charge in [-0.1, -0.05) is 6.42 Å². The first-order valence-electron chi connectivity index (χ1n) is 9.14. The quantitative estimate of drug-likeness (QED) is 0.880. The number of H-pyrrole nitrogens is 1. The van der Waals surface area contributed by atoms with Crippen LogP contribution in [0, 0.1) is 12.8 Å². The van der Waals surface area contributed by atoms with Crippen LogP contribution in [0.5, 0.6) is 0 Å². The fraction of sp³-hybridized carbons (Fsp3) is 0.611. The third kappa shape index (κ3) is 3.11. The molecule has 2 N–H and O–H groups in total. The Morgan fingerprint density at radius 2 is 2.20 bits per heavy atom. The molecular formula is C18H24N4O2S. The predicted octanol–water partition coefficient (Wildman–Crippen LogP) is 2.29. The van der Waals surface area contributed by atoms with E-state index >= 15 is 0 Å². The van der Waals surface area contributed by atoms with E-state index in [1.54, 1.807) is 0 Å². The first kappa shape index (κ1) is 16.7. The van der Waals surface area contributed by atoms with Crippen LogP contribution < -0.4 is 10.9 Å². The minimum absolute atomic E-state index is 0.0761. The Kier molecular flexibility index (Phi) is 4.60. The summed E-state index contributed by atoms with van der Waals surface area (Å²) in [5.41, 5.74) is 0.553. The van der Waals surface area contributed by atoms with Crippen molar-refractivity contribution in [2.24, 2.45) is 5.92 Å². The van der Waals surface area contributed by atoms with Gasteiger partial charge >= 0.3 is 0 Å². The van der Waals surface area contributed by atoms with Crippen LogP contribution in [0.1, 0.15) is 47.3 Å². The van der Waals surface area contributed by atoms with E-state index in [1.165, 1.54) is 62.9 Å². The zero-order valence-electron chi connectivity index (χ0n) is 14.5. The van der Waals surface area contributed by atoms with Crippen molar-refractivity contribution < 1.29 is 4.79 Å². The lowest BCUT2D eigenvalue weighted by Crippen LogP contribution is -2.50. The zero-order chi connectivity index (χ0) is 17.4. The molecule has 1 amide bonds. The molecule has 0 bridgehead atoms. The lowest BCUT2D eigenvalue weighted by Gasteiger charge is -2.44. The third-order valence-electron chi connectivity index (χ3n) is 5.69. The van der Waals surface area contributed by atoms with E-state index in [0.29, 0.717) is 27.1 Å². The van der Waals surface area contributed by atoms with Gasteiger partial charge in [-0.3, -0.25) is 9.59 Å². The molecule has 4 rings (SSSR count). The van der Waals surface area contributed by atoms with E-state index in [-0.39, 0.29) is 11.5 Å². The number of carbonyl (C=O) groups excluding carboxylic acids is 1. The van der Waals surface area contributed by atoms with Crippen molar-refractivity contribution in [2.75, 3.05) is 19.6 Å². The summed E-state index contributed by atoms with van der Waals surface area (Å²) < 4.78 is 0. The van der Waals surface area contributed by atoms with Crippen molar-refractivity contribution in [1.82, 2.24) is 20.2 Å². The SMILES string of the molecule is Cc1c(C(=O)NC[C@@H]2CCCN3CCCC[C@H]23)sc2nc[nH]c(=O)c12. The molecule has 0 aliphatic carbocycles. The molecule has 7 heteroatoms. The molecule has 4 heterocycles. The molecule has 2 aromatic heterocycles. The number of nitrogens with zero attached hydrogens (tertiary/aromatic N) is 2. The number of fused-ring (bicyclic) bond motifs is 2. The number of nitrogens with one attached hydrogen (secondary N) is 2. The molecule has 0 saturated carbocycles. The average Bonchev–Trinajstić information content (AvgIpc) is 2.98. The van der Waals surface area contributed by atoms with Crippen LogP contribution >= 0.6 is 11.3 Å². The topological polar surface area (TPSA) is 78.1 Å². The Labute approximate surface area is 150 Å². The third-order valence-corrected chi connectivity index (χ3v) is 6.89. The van der Waals surface area contributed by atoms with Crippen molar-refractivity contribution in [1.29, 1.82) is 0 Å². The van der Waals surface area contributed by atoms with Crippen molar-refractivity contribution in [3.05, 3.63) is 27.1 Å². The minimum Gasteiger partial charge on any atom is -0.351 e. The van der Waals surface area contributed by atoms with Crippen LogP contribution in [0.4, 0.5) is 0 Å². The van der Waals surface area contributed by atoms with Gasteiger partial charge in [0.15, 0.2) is 0 Å². The standard InChI is InChI=1S/C18H24N4O2S/c1-11-14-16(23)20-10-21-18(14)25-15(11)17(24)19-9-12-5-4-8-22-7-3-2-6-13(12)22/h10,12-13H,2-9H2,1H3,(H,19,24)(H,20,21,23)/t12-,13+/m0/s1. The molecule has 0 spiro atoms. The normalized spacial score (nSPS) is 24.2. The Balaban J connectivity index is 1.48. The highest BCUT2D eigenvalue weighted by atomic mass is 32.1. The molecule has 2 fully saturated rings. The van der Waals surface area contributed by atoms with Crippen LogP contribution in [0.2, 0.25) is 0 Å². The van der Waals surface area contributed by atoms with Crippen molar-refractivity contribution in [2.45, 2.75) is 45.1 Å². The predicted molar refractivity (Wildman–Crippen MR) is 99.2 cm³/mol. The van der Waals surface area contributed by atoms with Gasteiger partial charge in [-0.25, -0.2) is 4.98 Å². The zero-order valence-corrected chi connectivity index (χ0v) is 15.3. The number of thiophene rings is 1. The van der Waals surface area contributed by atoms with Crippen molar-refractivity contribution in [3.63, 3.8) is 0 Å². The van der Waals surface area contributed by atoms with Gasteiger partial charge in [0.1, 0.15) is 4.83 Å². The van der Waals surface area contributed by atoms with E-state index in [1.807, 2.05) is 6.92 Å². The van der Waals surface area contributed by atoms with E-state index < -0.39 is 0 Å². The van der Waals surface area contributed by atoms with Gasteiger partial charge in [0.05, 0.1) is 16.6 Å². The van der Waals surface area contributed by atoms with Gasteiger partial charge in [-0.05, 0) is 57.2 Å². The summed E-state index contributed by atoms with van der Waals surface area (Å²) in [6.07, 6.45) is 7.66. The fourth-order valence-corrected chi connectivity index (χ4v) is 5.48. The lowest BCUT2D eigenvalue weighted by molar-refractivity contribution is 0.0576. The van der Waals surface area contributed by atoms with Crippen LogP contribution in [0.25, 0.3) is 10.2 Å². The smallest absolute Gasteiger partial charge is 0.261 e. The van der Waals surface area contributed by atoms with Gasteiger partial charge in [0.25, 0.3) is 11.5 Å². The minimum atomic E-state index is -0.178. The first-order chi connectivity index (χ1) is 12.1. The second kappa shape index (κ2) is 6.88. The van der Waals surface area contributed by atoms with E-state index in [0.717, 1.165) is 12.1 Å². The number of aryl methyl sites for hydroxylation is 1. The molecule has 2 aliphatic heterocycles. The summed E-state index contributed by atoms with van der Waals surface area (Å²) >= 11 is 1.30. The summed E-state index contributed by atoms with van der Waals surface area (Å²) in [4.78, 5) is 35.3. The Hall–Kier alpha value is -1.73. The summed E-state index contributed by atoms with van der Waals surface area (Å²) in [6, 6.07) is 0.621. The number of aromatic nitrogens is 2. The van der Waals surface area contributed by atoms with Crippen molar-refractivity contribution in [3.8, 4) is 0 Å². The van der Waals surface area contributed by atoms with Gasteiger partial charge in [0.2, 0.25) is 0 Å². The van der Waals surface area contributed by atoms with Crippen LogP contribution in [-0.2, 0) is 0 Å². The summed E-state index contributed by atoms with van der Waals surface area (Å²) in [6.45, 7) is 4.96. The highest BCUT2D eigenvalue weighted by Gasteiger charge is 2.33. The van der Waals surface area contributed by atoms with Gasteiger partial charge in [-0.2, -0.15) is 0 Å². The van der Waals surface area contributed by atoms with E-state index in [9.17, 15) is 9.59 Å². The van der Waals surface area contributed by atoms with Crippen molar-refractivity contribution >= 4 is 27.5 Å². The van der Waals surface area contributed by atoms with E-state index in [2.05, 4.69) is 20.2 Å². The molecule has 2 saturated heterocycles. The largest absolute Gasteiger partial charge is 0.351 e. The second-order valence-corrected chi connectivity index (χ2v) is 8.18. The first-order valence-corrected chi connectivity index (χ1v) is 9.96. The summed E-state index contributed by atoms with van der Waals surface area (Å²) in [5, 5.41) is 3.66. The molecule has 0 aromatic carbocycles. The Morgan fingerprint density at radius 3 is 3.04 bits per heavy atom.